The number of aromatic nitrogens is 2. The first kappa shape index (κ1) is 20.7. The predicted octanol–water partition coefficient (Wildman–Crippen LogP) is 3.62. The van der Waals surface area contributed by atoms with Crippen LogP contribution in [0.2, 0.25) is 0 Å². The SMILES string of the molecule is CCn1c(=O)n(CCC(=O)NCC2CCN(c3cccc(Br)c3)C2)c2ccccc21. The van der Waals surface area contributed by atoms with Crippen LogP contribution in [0.3, 0.4) is 0 Å². The molecule has 30 heavy (non-hydrogen) atoms. The highest BCUT2D eigenvalue weighted by atomic mass is 79.9. The lowest BCUT2D eigenvalue weighted by atomic mass is 10.1. The van der Waals surface area contributed by atoms with Crippen LogP contribution in [0.25, 0.3) is 11.0 Å². The lowest BCUT2D eigenvalue weighted by Gasteiger charge is -2.19. The molecular weight excluding hydrogens is 444 g/mol. The van der Waals surface area contributed by atoms with E-state index in [4.69, 9.17) is 0 Å². The lowest BCUT2D eigenvalue weighted by molar-refractivity contribution is -0.121. The molecule has 1 N–H and O–H groups in total. The van der Waals surface area contributed by atoms with Crippen LogP contribution in [0.4, 0.5) is 5.69 Å². The molecule has 1 saturated heterocycles. The minimum absolute atomic E-state index is 0.00358. The molecule has 1 aliphatic rings. The standard InChI is InChI=1S/C23H27BrN4O2/c1-2-27-20-8-3-4-9-21(20)28(23(27)30)13-11-22(29)25-15-17-10-12-26(16-17)19-7-5-6-18(24)14-19/h3-9,14,17H,2,10-13,15-16H2,1H3,(H,25,29). The molecule has 0 aliphatic carbocycles. The summed E-state index contributed by atoms with van der Waals surface area (Å²) in [6.07, 6.45) is 1.37. The van der Waals surface area contributed by atoms with Crippen molar-refractivity contribution in [2.24, 2.45) is 5.92 Å². The number of carbonyl (C=O) groups is 1. The molecule has 1 atom stereocenters. The van der Waals surface area contributed by atoms with Gasteiger partial charge in [0.05, 0.1) is 11.0 Å². The molecule has 1 aliphatic heterocycles. The van der Waals surface area contributed by atoms with Crippen LogP contribution < -0.4 is 15.9 Å². The Morgan fingerprint density at radius 3 is 2.63 bits per heavy atom. The molecule has 3 aromatic rings. The number of hydrogen-bond donors (Lipinski definition) is 1. The van der Waals surface area contributed by atoms with Gasteiger partial charge in [-0.25, -0.2) is 4.79 Å². The third-order valence-corrected chi connectivity index (χ3v) is 6.34. The van der Waals surface area contributed by atoms with Crippen molar-refractivity contribution in [2.45, 2.75) is 32.9 Å². The Morgan fingerprint density at radius 1 is 1.13 bits per heavy atom. The van der Waals surface area contributed by atoms with E-state index in [1.165, 1.54) is 5.69 Å². The van der Waals surface area contributed by atoms with Gasteiger partial charge in [0.25, 0.3) is 0 Å². The number of carbonyl (C=O) groups excluding carboxylic acids is 1. The highest BCUT2D eigenvalue weighted by molar-refractivity contribution is 9.10. The molecule has 158 valence electrons. The van der Waals surface area contributed by atoms with Gasteiger partial charge in [-0.15, -0.1) is 0 Å². The number of halogens is 1. The zero-order valence-electron chi connectivity index (χ0n) is 17.2. The van der Waals surface area contributed by atoms with Crippen LogP contribution in [0.1, 0.15) is 19.8 Å². The fraction of sp³-hybridized carbons (Fsp3) is 0.391. The first-order valence-electron chi connectivity index (χ1n) is 10.5. The molecule has 1 aromatic heterocycles. The van der Waals surface area contributed by atoms with Gasteiger partial charge in [-0.1, -0.05) is 34.1 Å². The topological polar surface area (TPSA) is 59.3 Å². The molecule has 4 rings (SSSR count). The third-order valence-electron chi connectivity index (χ3n) is 5.85. The Labute approximate surface area is 184 Å². The smallest absolute Gasteiger partial charge is 0.329 e. The molecule has 1 fully saturated rings. The number of fused-ring (bicyclic) bond motifs is 1. The second kappa shape index (κ2) is 9.08. The molecule has 2 heterocycles. The Balaban J connectivity index is 1.31. The van der Waals surface area contributed by atoms with E-state index in [0.717, 1.165) is 35.0 Å². The molecular formula is C23H27BrN4O2. The fourth-order valence-electron chi connectivity index (χ4n) is 4.26. The molecule has 0 saturated carbocycles. The first-order chi connectivity index (χ1) is 14.6. The quantitative estimate of drug-likeness (QED) is 0.573. The maximum absolute atomic E-state index is 12.7. The molecule has 1 unspecified atom stereocenters. The highest BCUT2D eigenvalue weighted by Crippen LogP contribution is 2.26. The van der Waals surface area contributed by atoms with Crippen LogP contribution in [-0.2, 0) is 17.9 Å². The summed E-state index contributed by atoms with van der Waals surface area (Å²) in [7, 11) is 0. The average Bonchev–Trinajstić information content (AvgIpc) is 3.33. The number of para-hydroxylation sites is 2. The van der Waals surface area contributed by atoms with Crippen molar-refractivity contribution >= 4 is 38.6 Å². The van der Waals surface area contributed by atoms with Crippen molar-refractivity contribution in [3.8, 4) is 0 Å². The van der Waals surface area contributed by atoms with Gasteiger partial charge in [-0.2, -0.15) is 0 Å². The summed E-state index contributed by atoms with van der Waals surface area (Å²) < 4.78 is 4.54. The molecule has 2 aromatic carbocycles. The number of benzene rings is 2. The van der Waals surface area contributed by atoms with Gasteiger partial charge in [0, 0.05) is 49.3 Å². The molecule has 6 nitrogen and oxygen atoms in total. The Hall–Kier alpha value is -2.54. The minimum atomic E-state index is -0.0491. The summed E-state index contributed by atoms with van der Waals surface area (Å²) in [5.74, 6) is 0.439. The van der Waals surface area contributed by atoms with Gasteiger partial charge in [0.2, 0.25) is 5.91 Å². The third kappa shape index (κ3) is 4.31. The average molecular weight is 471 g/mol. The minimum Gasteiger partial charge on any atom is -0.371 e. The summed E-state index contributed by atoms with van der Waals surface area (Å²) in [5, 5.41) is 3.07. The van der Waals surface area contributed by atoms with E-state index in [1.54, 1.807) is 9.13 Å². The van der Waals surface area contributed by atoms with Crippen LogP contribution in [-0.4, -0.2) is 34.7 Å². The Kier molecular flexibility index (Phi) is 6.27. The number of aryl methyl sites for hydroxylation is 2. The summed E-state index contributed by atoms with van der Waals surface area (Å²) in [5.41, 5.74) is 2.97. The molecule has 1 amide bonds. The second-order valence-corrected chi connectivity index (χ2v) is 8.72. The zero-order chi connectivity index (χ0) is 21.1. The molecule has 7 heteroatoms. The summed E-state index contributed by atoms with van der Waals surface area (Å²) >= 11 is 3.53. The summed E-state index contributed by atoms with van der Waals surface area (Å²) in [6, 6.07) is 16.1. The van der Waals surface area contributed by atoms with E-state index in [1.807, 2.05) is 43.3 Å². The van der Waals surface area contributed by atoms with Crippen molar-refractivity contribution in [1.29, 1.82) is 0 Å². The number of rotatable bonds is 7. The number of nitrogens with one attached hydrogen (secondary N) is 1. The maximum Gasteiger partial charge on any atom is 0.329 e. The zero-order valence-corrected chi connectivity index (χ0v) is 18.8. The van der Waals surface area contributed by atoms with Crippen molar-refractivity contribution in [3.05, 3.63) is 63.5 Å². The van der Waals surface area contributed by atoms with Crippen molar-refractivity contribution < 1.29 is 4.79 Å². The number of hydrogen-bond acceptors (Lipinski definition) is 3. The van der Waals surface area contributed by atoms with E-state index in [0.29, 0.717) is 32.0 Å². The number of imidazole rings is 1. The second-order valence-electron chi connectivity index (χ2n) is 7.80. The van der Waals surface area contributed by atoms with Crippen LogP contribution >= 0.6 is 15.9 Å². The number of amides is 1. The van der Waals surface area contributed by atoms with Crippen LogP contribution in [0, 0.1) is 5.92 Å². The number of anilines is 1. The first-order valence-corrected chi connectivity index (χ1v) is 11.3. The summed E-state index contributed by atoms with van der Waals surface area (Å²) in [4.78, 5) is 27.5. The largest absolute Gasteiger partial charge is 0.371 e. The molecule has 0 spiro atoms. The van der Waals surface area contributed by atoms with E-state index in [2.05, 4.69) is 38.3 Å². The van der Waals surface area contributed by atoms with E-state index < -0.39 is 0 Å². The van der Waals surface area contributed by atoms with E-state index >= 15 is 0 Å². The van der Waals surface area contributed by atoms with Gasteiger partial charge in [-0.05, 0) is 49.6 Å². The Morgan fingerprint density at radius 2 is 1.90 bits per heavy atom. The van der Waals surface area contributed by atoms with Gasteiger partial charge >= 0.3 is 5.69 Å². The van der Waals surface area contributed by atoms with Crippen LogP contribution in [0.15, 0.2) is 57.8 Å². The predicted molar refractivity (Wildman–Crippen MR) is 124 cm³/mol. The lowest BCUT2D eigenvalue weighted by Crippen LogP contribution is -2.32. The Bertz CT molecular complexity index is 1100. The fourth-order valence-corrected chi connectivity index (χ4v) is 4.65. The molecule has 0 radical (unpaired) electrons. The maximum atomic E-state index is 12.7. The normalized spacial score (nSPS) is 16.3. The number of nitrogens with zero attached hydrogens (tertiary/aromatic N) is 3. The van der Waals surface area contributed by atoms with E-state index in [9.17, 15) is 9.59 Å². The van der Waals surface area contributed by atoms with Gasteiger partial charge in [0.15, 0.2) is 0 Å². The van der Waals surface area contributed by atoms with Crippen molar-refractivity contribution in [3.63, 3.8) is 0 Å². The van der Waals surface area contributed by atoms with Crippen molar-refractivity contribution in [1.82, 2.24) is 14.5 Å². The summed E-state index contributed by atoms with van der Waals surface area (Å²) in [6.45, 7) is 5.60. The van der Waals surface area contributed by atoms with Crippen molar-refractivity contribution in [2.75, 3.05) is 24.5 Å². The van der Waals surface area contributed by atoms with Gasteiger partial charge in [-0.3, -0.25) is 13.9 Å². The van der Waals surface area contributed by atoms with Gasteiger partial charge < -0.3 is 10.2 Å². The highest BCUT2D eigenvalue weighted by Gasteiger charge is 2.23. The van der Waals surface area contributed by atoms with Gasteiger partial charge in [0.1, 0.15) is 0 Å². The van der Waals surface area contributed by atoms with Crippen LogP contribution in [0.5, 0.6) is 0 Å². The molecule has 0 bridgehead atoms. The van der Waals surface area contributed by atoms with E-state index in [-0.39, 0.29) is 11.6 Å². The monoisotopic (exact) mass is 470 g/mol.